The number of hydrogen-bond acceptors (Lipinski definition) is 4. The van der Waals surface area contributed by atoms with Crippen LogP contribution in [0, 0.1) is 0 Å². The molecule has 0 fully saturated rings. The Labute approximate surface area is 182 Å². The van der Waals surface area contributed by atoms with Crippen LogP contribution in [0.1, 0.15) is 28.9 Å². The molecule has 1 unspecified atom stereocenters. The van der Waals surface area contributed by atoms with Gasteiger partial charge in [0.15, 0.2) is 0 Å². The average molecular weight is 412 g/mol. The van der Waals surface area contributed by atoms with Gasteiger partial charge in [-0.1, -0.05) is 42.5 Å². The largest absolute Gasteiger partial charge is 0.344 e. The fourth-order valence-electron chi connectivity index (χ4n) is 3.57. The number of anilines is 2. The molecule has 0 saturated carbocycles. The molecule has 0 radical (unpaired) electrons. The van der Waals surface area contributed by atoms with E-state index in [4.69, 9.17) is 0 Å². The molecule has 1 atom stereocenters. The lowest BCUT2D eigenvalue weighted by atomic mass is 10.0. The van der Waals surface area contributed by atoms with Gasteiger partial charge in [0, 0.05) is 19.8 Å². The second-order valence-electron chi connectivity index (χ2n) is 7.44. The molecule has 0 N–H and O–H groups in total. The Bertz CT molecular complexity index is 1140. The van der Waals surface area contributed by atoms with Crippen molar-refractivity contribution < 1.29 is 4.79 Å². The highest BCUT2D eigenvalue weighted by atomic mass is 16.2. The molecule has 6 heteroatoms. The van der Waals surface area contributed by atoms with Crippen LogP contribution in [0.4, 0.5) is 11.4 Å². The summed E-state index contributed by atoms with van der Waals surface area (Å²) >= 11 is 0. The third kappa shape index (κ3) is 4.19. The van der Waals surface area contributed by atoms with E-state index in [9.17, 15) is 4.79 Å². The minimum absolute atomic E-state index is 0.0220. The SMILES string of the molecule is CC(c1ccc(-n2cncn2)cc1)N(C)C(=O)c1ccccc1N(C)c1ccccc1. The van der Waals surface area contributed by atoms with Crippen molar-refractivity contribution in [2.45, 2.75) is 13.0 Å². The minimum Gasteiger partial charge on any atom is -0.344 e. The predicted octanol–water partition coefficient (Wildman–Crippen LogP) is 4.87. The number of benzene rings is 3. The highest BCUT2D eigenvalue weighted by Gasteiger charge is 2.22. The van der Waals surface area contributed by atoms with Gasteiger partial charge in [-0.3, -0.25) is 4.79 Å². The fourth-order valence-corrected chi connectivity index (χ4v) is 3.57. The van der Waals surface area contributed by atoms with Crippen LogP contribution < -0.4 is 4.90 Å². The average Bonchev–Trinajstić information content (AvgIpc) is 3.38. The summed E-state index contributed by atoms with van der Waals surface area (Å²) in [5, 5.41) is 4.15. The van der Waals surface area contributed by atoms with Gasteiger partial charge in [-0.25, -0.2) is 9.67 Å². The van der Waals surface area contributed by atoms with Crippen molar-refractivity contribution >= 4 is 17.3 Å². The Morgan fingerprint density at radius 3 is 2.26 bits per heavy atom. The summed E-state index contributed by atoms with van der Waals surface area (Å²) in [6, 6.07) is 25.7. The van der Waals surface area contributed by atoms with E-state index in [1.807, 2.05) is 105 Å². The Balaban J connectivity index is 1.57. The molecular weight excluding hydrogens is 386 g/mol. The molecular formula is C25H25N5O. The summed E-state index contributed by atoms with van der Waals surface area (Å²) in [5.41, 5.74) is 4.55. The van der Waals surface area contributed by atoms with Crippen LogP contribution in [0.3, 0.4) is 0 Å². The number of carbonyl (C=O) groups excluding carboxylic acids is 1. The first-order valence-electron chi connectivity index (χ1n) is 10.2. The van der Waals surface area contributed by atoms with E-state index in [-0.39, 0.29) is 11.9 Å². The lowest BCUT2D eigenvalue weighted by Crippen LogP contribution is -2.31. The standard InChI is InChI=1S/C25H25N5O/c1-19(20-13-15-22(16-14-20)30-18-26-17-27-30)28(2)25(31)23-11-7-8-12-24(23)29(3)21-9-5-4-6-10-21/h4-19H,1-3H3. The van der Waals surface area contributed by atoms with Crippen LogP contribution in [-0.2, 0) is 0 Å². The van der Waals surface area contributed by atoms with Crippen molar-refractivity contribution in [1.29, 1.82) is 0 Å². The highest BCUT2D eigenvalue weighted by Crippen LogP contribution is 2.29. The smallest absolute Gasteiger partial charge is 0.256 e. The first-order chi connectivity index (χ1) is 15.1. The van der Waals surface area contributed by atoms with Gasteiger partial charge in [0.1, 0.15) is 12.7 Å². The molecule has 6 nitrogen and oxygen atoms in total. The molecule has 3 aromatic carbocycles. The third-order valence-electron chi connectivity index (χ3n) is 5.60. The monoisotopic (exact) mass is 411 g/mol. The molecule has 0 bridgehead atoms. The van der Waals surface area contributed by atoms with Gasteiger partial charge in [0.2, 0.25) is 0 Å². The van der Waals surface area contributed by atoms with Gasteiger partial charge in [-0.05, 0) is 48.9 Å². The minimum atomic E-state index is -0.0904. The van der Waals surface area contributed by atoms with Crippen LogP contribution in [0.2, 0.25) is 0 Å². The number of rotatable bonds is 6. The maximum Gasteiger partial charge on any atom is 0.256 e. The van der Waals surface area contributed by atoms with E-state index in [0.717, 1.165) is 22.6 Å². The predicted molar refractivity (Wildman–Crippen MR) is 123 cm³/mol. The van der Waals surface area contributed by atoms with Crippen molar-refractivity contribution in [1.82, 2.24) is 19.7 Å². The zero-order chi connectivity index (χ0) is 21.8. The third-order valence-corrected chi connectivity index (χ3v) is 5.60. The van der Waals surface area contributed by atoms with Gasteiger partial charge < -0.3 is 9.80 Å². The highest BCUT2D eigenvalue weighted by molar-refractivity contribution is 6.00. The van der Waals surface area contributed by atoms with Gasteiger partial charge >= 0.3 is 0 Å². The molecule has 1 amide bonds. The number of nitrogens with zero attached hydrogens (tertiary/aromatic N) is 5. The Hall–Kier alpha value is -3.93. The zero-order valence-corrected chi connectivity index (χ0v) is 17.9. The van der Waals surface area contributed by atoms with Crippen molar-refractivity contribution in [3.8, 4) is 5.69 Å². The Morgan fingerprint density at radius 1 is 0.903 bits per heavy atom. The zero-order valence-electron chi connectivity index (χ0n) is 17.9. The summed E-state index contributed by atoms with van der Waals surface area (Å²) in [4.78, 5) is 21.2. The van der Waals surface area contributed by atoms with E-state index >= 15 is 0 Å². The lowest BCUT2D eigenvalue weighted by molar-refractivity contribution is 0.0743. The molecule has 1 aromatic heterocycles. The van der Waals surface area contributed by atoms with E-state index in [1.54, 1.807) is 15.9 Å². The fraction of sp³-hybridized carbons (Fsp3) is 0.160. The maximum absolute atomic E-state index is 13.4. The molecule has 31 heavy (non-hydrogen) atoms. The summed E-state index contributed by atoms with van der Waals surface area (Å²) in [5.74, 6) is -0.0220. The van der Waals surface area contributed by atoms with Gasteiger partial charge in [-0.2, -0.15) is 5.10 Å². The van der Waals surface area contributed by atoms with Crippen molar-refractivity contribution in [3.05, 3.63) is 103 Å². The second kappa shape index (κ2) is 8.83. The molecule has 4 aromatic rings. The van der Waals surface area contributed by atoms with Crippen molar-refractivity contribution in [2.75, 3.05) is 19.0 Å². The Kier molecular flexibility index (Phi) is 5.80. The van der Waals surface area contributed by atoms with Crippen LogP contribution in [0.25, 0.3) is 5.69 Å². The van der Waals surface area contributed by atoms with E-state index < -0.39 is 0 Å². The van der Waals surface area contributed by atoms with Gasteiger partial charge in [0.05, 0.1) is 23.0 Å². The van der Waals surface area contributed by atoms with Crippen LogP contribution in [-0.4, -0.2) is 39.7 Å². The number of amides is 1. The molecule has 4 rings (SSSR count). The van der Waals surface area contributed by atoms with E-state index in [2.05, 4.69) is 10.1 Å². The lowest BCUT2D eigenvalue weighted by Gasteiger charge is -2.28. The summed E-state index contributed by atoms with van der Waals surface area (Å²) < 4.78 is 1.71. The Morgan fingerprint density at radius 2 is 1.58 bits per heavy atom. The molecule has 0 aliphatic rings. The van der Waals surface area contributed by atoms with Crippen LogP contribution in [0.5, 0.6) is 0 Å². The molecule has 1 heterocycles. The summed E-state index contributed by atoms with van der Waals surface area (Å²) in [7, 11) is 3.82. The maximum atomic E-state index is 13.4. The summed E-state index contributed by atoms with van der Waals surface area (Å²) in [6.07, 6.45) is 3.17. The molecule has 156 valence electrons. The first-order valence-corrected chi connectivity index (χ1v) is 10.2. The number of aromatic nitrogens is 3. The molecule has 0 spiro atoms. The first kappa shape index (κ1) is 20.3. The van der Waals surface area contributed by atoms with E-state index in [1.165, 1.54) is 6.33 Å². The number of hydrogen-bond donors (Lipinski definition) is 0. The van der Waals surface area contributed by atoms with Crippen molar-refractivity contribution in [3.63, 3.8) is 0 Å². The number of para-hydroxylation sites is 2. The second-order valence-corrected chi connectivity index (χ2v) is 7.44. The van der Waals surface area contributed by atoms with E-state index in [0.29, 0.717) is 5.56 Å². The van der Waals surface area contributed by atoms with Crippen LogP contribution in [0.15, 0.2) is 91.5 Å². The molecule has 0 aliphatic carbocycles. The van der Waals surface area contributed by atoms with Gasteiger partial charge in [0.25, 0.3) is 5.91 Å². The van der Waals surface area contributed by atoms with Gasteiger partial charge in [-0.15, -0.1) is 0 Å². The molecule has 0 aliphatic heterocycles. The number of carbonyl (C=O) groups is 1. The quantitative estimate of drug-likeness (QED) is 0.454. The normalized spacial score (nSPS) is 11.7. The topological polar surface area (TPSA) is 54.3 Å². The summed E-state index contributed by atoms with van der Waals surface area (Å²) in [6.45, 7) is 2.03. The molecule has 0 saturated heterocycles. The van der Waals surface area contributed by atoms with Crippen molar-refractivity contribution in [2.24, 2.45) is 0 Å². The van der Waals surface area contributed by atoms with Crippen LogP contribution >= 0.6 is 0 Å².